The minimum absolute atomic E-state index is 0.371. The van der Waals surface area contributed by atoms with E-state index in [-0.39, 0.29) is 5.56 Å². The number of nitrogens with zero attached hydrogens (tertiary/aromatic N) is 3. The third kappa shape index (κ3) is 7.21. The molecule has 0 amide bonds. The van der Waals surface area contributed by atoms with Crippen molar-refractivity contribution in [1.29, 1.82) is 0 Å². The molecule has 55 heavy (non-hydrogen) atoms. The van der Waals surface area contributed by atoms with Gasteiger partial charge in [-0.3, -0.25) is 10.1 Å². The van der Waals surface area contributed by atoms with Crippen LogP contribution in [0.25, 0.3) is 22.4 Å². The number of halogens is 5. The van der Waals surface area contributed by atoms with Crippen molar-refractivity contribution in [1.82, 2.24) is 20.5 Å². The number of aliphatic imine (C=N–C) groups is 1. The Morgan fingerprint density at radius 2 is 1.42 bits per heavy atom. The second-order valence-corrected chi connectivity index (χ2v) is 13.2. The van der Waals surface area contributed by atoms with E-state index in [1.165, 1.54) is 32.5 Å². The van der Waals surface area contributed by atoms with Crippen LogP contribution >= 0.6 is 0 Å². The van der Waals surface area contributed by atoms with Gasteiger partial charge < -0.3 is 19.5 Å². The number of hydrogen-bond acceptors (Lipinski definition) is 7. The van der Waals surface area contributed by atoms with Gasteiger partial charge in [0, 0.05) is 41.2 Å². The van der Waals surface area contributed by atoms with Crippen LogP contribution in [-0.4, -0.2) is 54.4 Å². The van der Waals surface area contributed by atoms with Gasteiger partial charge in [-0.15, -0.1) is 0 Å². The molecular weight excluding hydrogens is 717 g/mol. The Labute approximate surface area is 314 Å². The molecule has 0 saturated carbocycles. The van der Waals surface area contributed by atoms with Crippen LogP contribution in [0.4, 0.5) is 22.0 Å². The van der Waals surface area contributed by atoms with Gasteiger partial charge in [0.05, 0.1) is 19.9 Å². The molecule has 1 aliphatic rings. The van der Waals surface area contributed by atoms with Gasteiger partial charge in [-0.05, 0) is 77.7 Å². The maximum Gasteiger partial charge on any atom is 0.425 e. The first-order valence-corrected chi connectivity index (χ1v) is 17.3. The summed E-state index contributed by atoms with van der Waals surface area (Å²) in [7, 11) is 3.03. The van der Waals surface area contributed by atoms with Crippen molar-refractivity contribution in [3.05, 3.63) is 155 Å². The number of methoxy groups -OCH3 is 2. The number of benzene rings is 4. The Bertz CT molecular complexity index is 2250. The Morgan fingerprint density at radius 1 is 0.800 bits per heavy atom. The van der Waals surface area contributed by atoms with Crippen LogP contribution in [0.2, 0.25) is 0 Å². The molecule has 0 bridgehead atoms. The van der Waals surface area contributed by atoms with Crippen LogP contribution in [0.1, 0.15) is 34.4 Å². The highest BCUT2D eigenvalue weighted by Crippen LogP contribution is 2.45. The summed E-state index contributed by atoms with van der Waals surface area (Å²) in [5, 5.41) is 10.3. The van der Waals surface area contributed by atoms with Crippen LogP contribution < -0.4 is 14.8 Å². The smallest absolute Gasteiger partial charge is 0.425 e. The van der Waals surface area contributed by atoms with Crippen molar-refractivity contribution in [3.63, 3.8) is 0 Å². The third-order valence-electron chi connectivity index (χ3n) is 9.77. The maximum atomic E-state index is 16.0. The second kappa shape index (κ2) is 14.9. The molecule has 282 valence electrons. The summed E-state index contributed by atoms with van der Waals surface area (Å²) in [4.78, 5) is 8.86. The summed E-state index contributed by atoms with van der Waals surface area (Å²) in [6, 6.07) is 29.7. The Balaban J connectivity index is 1.41. The van der Waals surface area contributed by atoms with E-state index >= 15 is 8.78 Å². The molecule has 0 fully saturated rings. The molecule has 2 atom stereocenters. The number of ether oxygens (including phenoxy) is 3. The van der Waals surface area contributed by atoms with E-state index in [9.17, 15) is 13.2 Å². The van der Waals surface area contributed by atoms with Gasteiger partial charge in [0.15, 0.2) is 6.10 Å². The van der Waals surface area contributed by atoms with Crippen molar-refractivity contribution in [2.45, 2.75) is 36.7 Å². The average Bonchev–Trinajstić information content (AvgIpc) is 3.66. The van der Waals surface area contributed by atoms with Gasteiger partial charge in [-0.2, -0.15) is 18.3 Å². The van der Waals surface area contributed by atoms with E-state index in [1.54, 1.807) is 91.1 Å². The SMILES string of the molecule is COc1ccc(C(NC2=NC(CF)(c3cc(-c4cncc(-c5cc(C)[nH]n5)c4)ccc3F)CC(C(F)(F)F)O2)(c2ccccc2)c2ccc(OC)cc2)cc1. The van der Waals surface area contributed by atoms with Gasteiger partial charge in [-0.25, -0.2) is 13.8 Å². The topological polar surface area (TPSA) is 93.7 Å². The van der Waals surface area contributed by atoms with Crippen LogP contribution in [0.3, 0.4) is 0 Å². The fourth-order valence-corrected chi connectivity index (χ4v) is 6.93. The number of H-pyrrole nitrogens is 1. The number of aryl methyl sites for hydroxylation is 1. The standard InChI is InChI=1S/C42H36F5N5O3/c1-26-19-37(52-51-26)29-20-28(23-48-24-29)27-9-18-36(44)35(21-27)40(25-43)22-38(42(45,46)47)55-39(49-40)50-41(30-7-5-4-6-8-30,31-10-14-33(53-2)15-11-31)32-12-16-34(54-3)17-13-32/h4-21,23-24,38H,22,25H2,1-3H3,(H,49,50)(H,51,52). The fourth-order valence-electron chi connectivity index (χ4n) is 6.93. The lowest BCUT2D eigenvalue weighted by atomic mass is 9.77. The van der Waals surface area contributed by atoms with E-state index in [2.05, 4.69) is 25.5 Å². The minimum atomic E-state index is -4.98. The first-order chi connectivity index (χ1) is 26.5. The molecule has 4 aromatic carbocycles. The normalized spacial score (nSPS) is 17.2. The molecule has 0 radical (unpaired) electrons. The van der Waals surface area contributed by atoms with Crippen molar-refractivity contribution >= 4 is 6.02 Å². The number of alkyl halides is 4. The predicted octanol–water partition coefficient (Wildman–Crippen LogP) is 9.06. The molecule has 2 N–H and O–H groups in total. The lowest BCUT2D eigenvalue weighted by Crippen LogP contribution is -2.55. The highest BCUT2D eigenvalue weighted by Gasteiger charge is 2.53. The molecule has 0 aliphatic carbocycles. The summed E-state index contributed by atoms with van der Waals surface area (Å²) >= 11 is 0. The zero-order valence-corrected chi connectivity index (χ0v) is 30.0. The third-order valence-corrected chi connectivity index (χ3v) is 9.77. The first kappa shape index (κ1) is 37.1. The molecule has 2 aromatic heterocycles. The van der Waals surface area contributed by atoms with E-state index < -0.39 is 48.3 Å². The number of aromatic amines is 1. The zero-order valence-electron chi connectivity index (χ0n) is 30.0. The molecule has 2 unspecified atom stereocenters. The number of nitrogens with one attached hydrogen (secondary N) is 2. The van der Waals surface area contributed by atoms with Crippen molar-refractivity contribution in [3.8, 4) is 33.9 Å². The average molecular weight is 754 g/mol. The van der Waals surface area contributed by atoms with Crippen LogP contribution in [0, 0.1) is 12.7 Å². The molecule has 3 heterocycles. The molecule has 0 spiro atoms. The molecule has 0 saturated heterocycles. The van der Waals surface area contributed by atoms with Crippen molar-refractivity contribution in [2.75, 3.05) is 20.9 Å². The quantitative estimate of drug-likeness (QED) is 0.107. The number of hydrogen-bond donors (Lipinski definition) is 2. The van der Waals surface area contributed by atoms with Gasteiger partial charge in [0.25, 0.3) is 6.02 Å². The molecule has 6 aromatic rings. The minimum Gasteiger partial charge on any atom is -0.497 e. The first-order valence-electron chi connectivity index (χ1n) is 17.3. The molecular formula is C42H36F5N5O3. The van der Waals surface area contributed by atoms with Gasteiger partial charge in [0.2, 0.25) is 0 Å². The summed E-state index contributed by atoms with van der Waals surface area (Å²) in [6.07, 6.45) is -5.43. The number of aromatic nitrogens is 3. The Morgan fingerprint density at radius 3 is 1.98 bits per heavy atom. The molecule has 1 aliphatic heterocycles. The fraction of sp³-hybridized carbons (Fsp3) is 0.214. The molecule has 7 rings (SSSR count). The van der Waals surface area contributed by atoms with Crippen molar-refractivity contribution in [2.24, 2.45) is 4.99 Å². The van der Waals surface area contributed by atoms with E-state index in [0.29, 0.717) is 50.6 Å². The monoisotopic (exact) mass is 753 g/mol. The lowest BCUT2D eigenvalue weighted by Gasteiger charge is -2.42. The summed E-state index contributed by atoms with van der Waals surface area (Å²) in [5.74, 6) is 0.144. The highest BCUT2D eigenvalue weighted by atomic mass is 19.4. The molecule has 8 nitrogen and oxygen atoms in total. The van der Waals surface area contributed by atoms with Gasteiger partial charge in [0.1, 0.15) is 35.1 Å². The second-order valence-electron chi connectivity index (χ2n) is 13.2. The zero-order chi connectivity index (χ0) is 38.8. The highest BCUT2D eigenvalue weighted by molar-refractivity contribution is 5.79. The lowest BCUT2D eigenvalue weighted by molar-refractivity contribution is -0.210. The number of rotatable bonds is 10. The number of amidine groups is 1. The Hall–Kier alpha value is -6.24. The number of pyridine rings is 1. The van der Waals surface area contributed by atoms with E-state index in [4.69, 9.17) is 14.2 Å². The molecule has 13 heteroatoms. The van der Waals surface area contributed by atoms with Gasteiger partial charge in [-0.1, -0.05) is 60.7 Å². The maximum absolute atomic E-state index is 16.0. The van der Waals surface area contributed by atoms with Crippen LogP contribution in [0.5, 0.6) is 11.5 Å². The van der Waals surface area contributed by atoms with Gasteiger partial charge >= 0.3 is 6.18 Å². The van der Waals surface area contributed by atoms with E-state index in [1.807, 2.05) is 13.0 Å². The summed E-state index contributed by atoms with van der Waals surface area (Å²) < 4.78 is 92.8. The summed E-state index contributed by atoms with van der Waals surface area (Å²) in [5.41, 5.74) is 0.487. The predicted molar refractivity (Wildman–Crippen MR) is 198 cm³/mol. The summed E-state index contributed by atoms with van der Waals surface area (Å²) in [6.45, 7) is 0.378. The largest absolute Gasteiger partial charge is 0.497 e. The Kier molecular flexibility index (Phi) is 10.0. The van der Waals surface area contributed by atoms with Crippen molar-refractivity contribution < 1.29 is 36.2 Å². The van der Waals surface area contributed by atoms with Crippen LogP contribution in [0.15, 0.2) is 127 Å². The van der Waals surface area contributed by atoms with Crippen LogP contribution in [-0.2, 0) is 15.8 Å². The van der Waals surface area contributed by atoms with E-state index in [0.717, 1.165) is 11.8 Å².